The normalized spacial score (nSPS) is 17.3. The van der Waals surface area contributed by atoms with Gasteiger partial charge in [-0.2, -0.15) is 4.98 Å². The van der Waals surface area contributed by atoms with Crippen LogP contribution in [0.2, 0.25) is 0 Å². The molecule has 0 saturated heterocycles. The third-order valence-electron chi connectivity index (χ3n) is 4.43. The largest absolute Gasteiger partial charge is 0.459 e. The fraction of sp³-hybridized carbons (Fsp3) is 0.619. The molecule has 0 aliphatic carbocycles. The minimum atomic E-state index is -1.11. The zero-order valence-electron chi connectivity index (χ0n) is 20.7. The van der Waals surface area contributed by atoms with Crippen LogP contribution in [-0.4, -0.2) is 83.7 Å². The van der Waals surface area contributed by atoms with Gasteiger partial charge in [0.15, 0.2) is 17.6 Å². The molecule has 3 atom stereocenters. The molecule has 0 saturated carbocycles. The summed E-state index contributed by atoms with van der Waals surface area (Å²) in [5.41, 5.74) is -1.69. The molecule has 2 rings (SSSR count). The van der Waals surface area contributed by atoms with E-state index in [1.165, 1.54) is 27.1 Å². The summed E-state index contributed by atoms with van der Waals surface area (Å²) in [5, 5.41) is 2.99. The molecule has 1 aromatic heterocycles. The lowest BCUT2D eigenvalue weighted by Gasteiger charge is -2.41. The van der Waals surface area contributed by atoms with Crippen molar-refractivity contribution >= 4 is 41.8 Å². The van der Waals surface area contributed by atoms with Crippen molar-refractivity contribution in [3.8, 4) is 0 Å². The highest BCUT2D eigenvalue weighted by Crippen LogP contribution is 2.32. The third kappa shape index (κ3) is 6.93. The van der Waals surface area contributed by atoms with E-state index in [0.29, 0.717) is 0 Å². The van der Waals surface area contributed by atoms with Crippen molar-refractivity contribution in [2.45, 2.75) is 65.4 Å². The number of aromatic nitrogens is 2. The summed E-state index contributed by atoms with van der Waals surface area (Å²) >= 11 is 0. The number of anilines is 2. The maximum Gasteiger partial charge on any atom is 0.415 e. The minimum Gasteiger partial charge on any atom is -0.459 e. The molecular weight excluding hydrogens is 448 g/mol. The van der Waals surface area contributed by atoms with Gasteiger partial charge in [0.05, 0.1) is 12.4 Å². The van der Waals surface area contributed by atoms with Gasteiger partial charge in [-0.25, -0.2) is 9.79 Å². The highest BCUT2D eigenvalue weighted by atomic mass is 16.6. The van der Waals surface area contributed by atoms with Gasteiger partial charge in [0.1, 0.15) is 11.7 Å². The Morgan fingerprint density at radius 1 is 1.21 bits per heavy atom. The van der Waals surface area contributed by atoms with Gasteiger partial charge in [0.2, 0.25) is 5.95 Å². The number of esters is 2. The number of ether oxygens (including phenoxy) is 3. The van der Waals surface area contributed by atoms with Gasteiger partial charge in [-0.1, -0.05) is 0 Å². The van der Waals surface area contributed by atoms with E-state index in [1.807, 2.05) is 0 Å². The molecule has 1 amide bonds. The molecule has 1 aromatic rings. The Morgan fingerprint density at radius 2 is 1.82 bits per heavy atom. The highest BCUT2D eigenvalue weighted by molar-refractivity contribution is 5.93. The predicted octanol–water partition coefficient (Wildman–Crippen LogP) is 1.41. The van der Waals surface area contributed by atoms with Crippen LogP contribution in [0.4, 0.5) is 22.2 Å². The van der Waals surface area contributed by atoms with Crippen molar-refractivity contribution < 1.29 is 28.6 Å². The second-order valence-corrected chi connectivity index (χ2v) is 8.98. The van der Waals surface area contributed by atoms with Gasteiger partial charge in [-0.05, 0) is 27.7 Å². The number of aliphatic imine (C=N–C) groups is 1. The first-order valence-electron chi connectivity index (χ1n) is 10.6. The molecule has 1 unspecified atom stereocenters. The number of H-pyrrole nitrogens is 1. The van der Waals surface area contributed by atoms with Crippen molar-refractivity contribution in [1.29, 1.82) is 0 Å². The number of hydrogen-bond donors (Lipinski definition) is 2. The van der Waals surface area contributed by atoms with E-state index in [0.717, 1.165) is 4.90 Å². The van der Waals surface area contributed by atoms with Crippen LogP contribution in [0.15, 0.2) is 9.79 Å². The summed E-state index contributed by atoms with van der Waals surface area (Å²) in [6.45, 7) is 8.98. The molecule has 0 bridgehead atoms. The Balaban J connectivity index is 2.62. The molecule has 188 valence electrons. The van der Waals surface area contributed by atoms with Gasteiger partial charge in [0, 0.05) is 34.5 Å². The van der Waals surface area contributed by atoms with E-state index in [2.05, 4.69) is 20.3 Å². The lowest BCUT2D eigenvalue weighted by Crippen LogP contribution is -2.60. The summed E-state index contributed by atoms with van der Waals surface area (Å²) in [7, 11) is 3.51. The lowest BCUT2D eigenvalue weighted by molar-refractivity contribution is -0.165. The second-order valence-electron chi connectivity index (χ2n) is 8.98. The smallest absolute Gasteiger partial charge is 0.415 e. The molecule has 0 spiro atoms. The van der Waals surface area contributed by atoms with Crippen LogP contribution in [-0.2, 0) is 23.8 Å². The topological polar surface area (TPSA) is 156 Å². The van der Waals surface area contributed by atoms with Crippen molar-refractivity contribution in [1.82, 2.24) is 14.9 Å². The number of nitrogens with zero attached hydrogens (tertiary/aromatic N) is 4. The average molecular weight is 481 g/mol. The van der Waals surface area contributed by atoms with Crippen LogP contribution in [0.3, 0.4) is 0 Å². The van der Waals surface area contributed by atoms with E-state index in [-0.39, 0.29) is 24.0 Å². The molecule has 2 N–H and O–H groups in total. The third-order valence-corrected chi connectivity index (χ3v) is 4.43. The highest BCUT2D eigenvalue weighted by Gasteiger charge is 2.45. The number of fused-ring (bicyclic) bond motifs is 1. The van der Waals surface area contributed by atoms with E-state index in [9.17, 15) is 19.2 Å². The first-order chi connectivity index (χ1) is 15.7. The zero-order valence-corrected chi connectivity index (χ0v) is 20.7. The van der Waals surface area contributed by atoms with Gasteiger partial charge in [-0.3, -0.25) is 24.3 Å². The number of aromatic amines is 1. The molecule has 13 nitrogen and oxygen atoms in total. The Bertz CT molecular complexity index is 1010. The quantitative estimate of drug-likeness (QED) is 0.264. The van der Waals surface area contributed by atoms with Gasteiger partial charge >= 0.3 is 18.0 Å². The molecule has 0 radical (unpaired) electrons. The molecule has 34 heavy (non-hydrogen) atoms. The van der Waals surface area contributed by atoms with E-state index in [4.69, 9.17) is 14.2 Å². The summed E-state index contributed by atoms with van der Waals surface area (Å²) < 4.78 is 16.2. The van der Waals surface area contributed by atoms with Crippen molar-refractivity contribution in [3.05, 3.63) is 10.4 Å². The molecule has 1 aliphatic heterocycles. The van der Waals surface area contributed by atoms with Crippen LogP contribution in [0.25, 0.3) is 0 Å². The number of nitrogens with one attached hydrogen (secondary N) is 2. The standard InChI is InChI=1S/C21H32N6O7/c1-11(32-12(2)28)16(33-13(3)29)14-9-22-17-15(27(14)20(31)34-21(4,5)6)18(30)25-19(24-17)23-10-26(7)8/h10-11,14,16H,9H2,1-8H3,(H2,22,24,25,30)/t11-,14?,16-/m0/s1. The average Bonchev–Trinajstić information content (AvgIpc) is 2.67. The molecule has 13 heteroatoms. The van der Waals surface area contributed by atoms with Gasteiger partial charge in [-0.15, -0.1) is 0 Å². The Morgan fingerprint density at radius 3 is 2.35 bits per heavy atom. The number of amides is 1. The number of carbonyl (C=O) groups is 3. The number of carbonyl (C=O) groups excluding carboxylic acids is 3. The van der Waals surface area contributed by atoms with Crippen LogP contribution >= 0.6 is 0 Å². The Labute approximate surface area is 197 Å². The molecular formula is C21H32N6O7. The molecule has 1 aliphatic rings. The van der Waals surface area contributed by atoms with Crippen molar-refractivity contribution in [2.24, 2.45) is 4.99 Å². The monoisotopic (exact) mass is 480 g/mol. The maximum atomic E-state index is 13.3. The molecule has 0 aromatic carbocycles. The molecule has 2 heterocycles. The maximum absolute atomic E-state index is 13.3. The lowest BCUT2D eigenvalue weighted by atomic mass is 10.0. The van der Waals surface area contributed by atoms with E-state index >= 15 is 0 Å². The SMILES string of the molecule is CC(=O)O[C@@H](C)[C@H](OC(C)=O)C1CNc2nc(N=CN(C)C)[nH]c(=O)c2N1C(=O)OC(C)(C)C. The Kier molecular flexibility index (Phi) is 8.24. The predicted molar refractivity (Wildman–Crippen MR) is 124 cm³/mol. The first-order valence-corrected chi connectivity index (χ1v) is 10.6. The van der Waals surface area contributed by atoms with Crippen LogP contribution in [0.1, 0.15) is 41.5 Å². The fourth-order valence-corrected chi connectivity index (χ4v) is 3.30. The van der Waals surface area contributed by atoms with E-state index in [1.54, 1.807) is 39.8 Å². The number of hydrogen-bond acceptors (Lipinski definition) is 10. The fourth-order valence-electron chi connectivity index (χ4n) is 3.30. The zero-order chi connectivity index (χ0) is 25.8. The summed E-state index contributed by atoms with van der Waals surface area (Å²) in [6, 6.07) is -0.959. The summed E-state index contributed by atoms with van der Waals surface area (Å²) in [6.07, 6.45) is -1.44. The summed E-state index contributed by atoms with van der Waals surface area (Å²) in [5.74, 6) is -1.13. The summed E-state index contributed by atoms with van der Waals surface area (Å²) in [4.78, 5) is 63.4. The van der Waals surface area contributed by atoms with Crippen LogP contribution < -0.4 is 15.8 Å². The van der Waals surface area contributed by atoms with Crippen LogP contribution in [0.5, 0.6) is 0 Å². The van der Waals surface area contributed by atoms with E-state index < -0.39 is 47.4 Å². The second kappa shape index (κ2) is 10.5. The Hall–Kier alpha value is -3.64. The first kappa shape index (κ1) is 26.6. The van der Waals surface area contributed by atoms with Gasteiger partial charge < -0.3 is 24.4 Å². The molecule has 0 fully saturated rings. The van der Waals surface area contributed by atoms with Gasteiger partial charge in [0.25, 0.3) is 5.56 Å². The van der Waals surface area contributed by atoms with Crippen molar-refractivity contribution in [2.75, 3.05) is 30.9 Å². The van der Waals surface area contributed by atoms with Crippen LogP contribution in [0, 0.1) is 0 Å². The van der Waals surface area contributed by atoms with Crippen molar-refractivity contribution in [3.63, 3.8) is 0 Å². The number of rotatable bonds is 6. The minimum absolute atomic E-state index is 0.0169.